The molecular weight excluding hydrogens is 853 g/mol. The standard InChI is InChI=1S/C71H66/c1-8-42-62-50-26-16-21-40-34-38-19-12-14-23-46(38)68(58(40)50)67(62)45(11-4)66-57-37(6)33-53(54-31-36(5)32-55(63(42)66)64(54)57)48-29-30-52-59-49(48)25-18-27-51(59)61-44(10-3)69-65(43(9-2)60(52)61)56-28-17-22-41-35-39-20-13-15-24-47(39)70(69)71(41,56)7/h16-18,21-22,25-30,32-37,41,57H,8-15,19-20,23-24,31H2,1-7H3. The third-order valence-corrected chi connectivity index (χ3v) is 20.6. The van der Waals surface area contributed by atoms with Gasteiger partial charge in [0.15, 0.2) is 0 Å². The molecule has 0 bridgehead atoms. The number of aryl methyl sites for hydroxylation is 1. The molecule has 5 atom stereocenters. The summed E-state index contributed by atoms with van der Waals surface area (Å²) in [5.41, 5.74) is 43.1. The minimum atomic E-state index is 0.00393. The Bertz CT molecular complexity index is 3810. The predicted molar refractivity (Wildman–Crippen MR) is 302 cm³/mol. The van der Waals surface area contributed by atoms with Crippen LogP contribution in [0.1, 0.15) is 161 Å². The normalized spacial score (nSPS) is 25.1. The molecule has 0 radical (unpaired) electrons. The van der Waals surface area contributed by atoms with E-state index in [-0.39, 0.29) is 5.41 Å². The lowest BCUT2D eigenvalue weighted by atomic mass is 9.60. The van der Waals surface area contributed by atoms with Crippen LogP contribution in [-0.4, -0.2) is 0 Å². The Morgan fingerprint density at radius 3 is 2.08 bits per heavy atom. The molecule has 0 spiro atoms. The first-order chi connectivity index (χ1) is 34.8. The van der Waals surface area contributed by atoms with Crippen LogP contribution in [0.4, 0.5) is 0 Å². The van der Waals surface area contributed by atoms with Gasteiger partial charge in [0, 0.05) is 17.3 Å². The predicted octanol–water partition coefficient (Wildman–Crippen LogP) is 18.8. The first kappa shape index (κ1) is 41.6. The van der Waals surface area contributed by atoms with Crippen molar-refractivity contribution in [3.05, 3.63) is 175 Å². The molecule has 5 unspecified atom stereocenters. The summed E-state index contributed by atoms with van der Waals surface area (Å²) < 4.78 is 0. The van der Waals surface area contributed by atoms with E-state index in [1.54, 1.807) is 128 Å². The number of hydrogen-bond donors (Lipinski definition) is 0. The lowest BCUT2D eigenvalue weighted by Crippen LogP contribution is -2.30. The highest BCUT2D eigenvalue weighted by Gasteiger charge is 2.54. The summed E-state index contributed by atoms with van der Waals surface area (Å²) in [6.07, 6.45) is 31.1. The summed E-state index contributed by atoms with van der Waals surface area (Å²) in [5.74, 6) is 1.66. The highest BCUT2D eigenvalue weighted by atomic mass is 14.6. The molecule has 1 fully saturated rings. The minimum absolute atomic E-state index is 0.00393. The zero-order chi connectivity index (χ0) is 47.5. The molecule has 6 aromatic rings. The second-order valence-electron chi connectivity index (χ2n) is 23.8. The molecule has 350 valence electrons. The van der Waals surface area contributed by atoms with Gasteiger partial charge in [0.25, 0.3) is 0 Å². The van der Waals surface area contributed by atoms with Gasteiger partial charge < -0.3 is 0 Å². The summed E-state index contributed by atoms with van der Waals surface area (Å²) in [6, 6.07) is 22.4. The van der Waals surface area contributed by atoms with E-state index in [9.17, 15) is 0 Å². The Balaban J connectivity index is 0.910. The van der Waals surface area contributed by atoms with Crippen LogP contribution in [0.5, 0.6) is 0 Å². The molecule has 10 aliphatic rings. The lowest BCUT2D eigenvalue weighted by Gasteiger charge is -2.42. The molecule has 1 saturated carbocycles. The van der Waals surface area contributed by atoms with Crippen molar-refractivity contribution in [3.8, 4) is 44.5 Å². The van der Waals surface area contributed by atoms with Crippen molar-refractivity contribution in [2.45, 2.75) is 138 Å². The Hall–Kier alpha value is -5.98. The fraction of sp³-hybridized carbons (Fsp3) is 0.352. The van der Waals surface area contributed by atoms with Gasteiger partial charge in [-0.15, -0.1) is 0 Å². The maximum atomic E-state index is 2.77. The van der Waals surface area contributed by atoms with Crippen molar-refractivity contribution in [1.82, 2.24) is 0 Å². The third-order valence-electron chi connectivity index (χ3n) is 20.6. The van der Waals surface area contributed by atoms with Gasteiger partial charge in [-0.2, -0.15) is 0 Å². The van der Waals surface area contributed by atoms with E-state index in [0.29, 0.717) is 23.7 Å². The van der Waals surface area contributed by atoms with E-state index < -0.39 is 0 Å². The van der Waals surface area contributed by atoms with Crippen LogP contribution in [0.25, 0.3) is 88.3 Å². The van der Waals surface area contributed by atoms with Crippen LogP contribution in [0.3, 0.4) is 0 Å². The molecular formula is C71H66. The molecule has 0 aromatic heterocycles. The van der Waals surface area contributed by atoms with Crippen LogP contribution in [0, 0.1) is 23.2 Å². The van der Waals surface area contributed by atoms with Crippen LogP contribution in [-0.2, 0) is 38.5 Å². The summed E-state index contributed by atoms with van der Waals surface area (Å²) in [5, 5.41) is 5.95. The molecule has 0 nitrogen and oxygen atoms in total. The zero-order valence-corrected chi connectivity index (χ0v) is 43.2. The number of rotatable bonds is 5. The Morgan fingerprint density at radius 1 is 0.577 bits per heavy atom. The second-order valence-corrected chi connectivity index (χ2v) is 23.8. The van der Waals surface area contributed by atoms with E-state index in [2.05, 4.69) is 140 Å². The molecule has 0 heterocycles. The largest absolute Gasteiger partial charge is 0.0764 e. The molecule has 10 aliphatic carbocycles. The topological polar surface area (TPSA) is 0 Å². The number of hydrogen-bond acceptors (Lipinski definition) is 0. The number of benzene rings is 6. The maximum Gasteiger partial charge on any atom is 0.0287 e. The lowest BCUT2D eigenvalue weighted by molar-refractivity contribution is 0.481. The SMILES string of the molecule is CCc1c2c(c(CC)c3c1-c1cccc4cc5c(c-3c14)CCCC5)C1C3=C(CC(C)C=C32)C(c2ccc3c4c(cccc24)-c2c(CC)c4c(c(CC)c2-3)C2=CC=CC3C=C5CCCCC5=C4C23C)=CC1C. The maximum absolute atomic E-state index is 2.77. The van der Waals surface area contributed by atoms with Gasteiger partial charge in [0.2, 0.25) is 0 Å². The molecule has 71 heavy (non-hydrogen) atoms. The van der Waals surface area contributed by atoms with Gasteiger partial charge in [0.05, 0.1) is 0 Å². The fourth-order valence-electron chi connectivity index (χ4n) is 18.0. The van der Waals surface area contributed by atoms with Gasteiger partial charge in [-0.1, -0.05) is 140 Å². The van der Waals surface area contributed by atoms with E-state index in [4.69, 9.17) is 0 Å². The van der Waals surface area contributed by atoms with Crippen molar-refractivity contribution in [3.63, 3.8) is 0 Å². The van der Waals surface area contributed by atoms with Gasteiger partial charge in [-0.05, 0) is 267 Å². The minimum Gasteiger partial charge on any atom is -0.0764 e. The molecule has 0 saturated heterocycles. The Labute approximate surface area is 421 Å². The first-order valence-electron chi connectivity index (χ1n) is 28.4. The van der Waals surface area contributed by atoms with E-state index in [1.165, 1.54) is 95.4 Å². The third kappa shape index (κ3) is 4.86. The quantitative estimate of drug-likeness (QED) is 0.161. The molecule has 6 aromatic carbocycles. The van der Waals surface area contributed by atoms with Gasteiger partial charge in [-0.3, -0.25) is 0 Å². The van der Waals surface area contributed by atoms with Crippen LogP contribution in [0.2, 0.25) is 0 Å². The number of fused-ring (bicyclic) bond motifs is 15. The second kappa shape index (κ2) is 14.4. The molecule has 0 aliphatic heterocycles. The average Bonchev–Trinajstić information content (AvgIpc) is 4.11. The molecule has 16 rings (SSSR count). The highest BCUT2D eigenvalue weighted by Crippen LogP contribution is 2.70. The average molecular weight is 919 g/mol. The van der Waals surface area contributed by atoms with Crippen LogP contribution < -0.4 is 0 Å². The summed E-state index contributed by atoms with van der Waals surface area (Å²) in [6.45, 7) is 17.5. The van der Waals surface area contributed by atoms with Crippen molar-refractivity contribution < 1.29 is 0 Å². The fourth-order valence-corrected chi connectivity index (χ4v) is 18.0. The molecule has 0 heteroatoms. The summed E-state index contributed by atoms with van der Waals surface area (Å²) in [4.78, 5) is 0. The van der Waals surface area contributed by atoms with E-state index in [1.807, 2.05) is 0 Å². The summed E-state index contributed by atoms with van der Waals surface area (Å²) in [7, 11) is 0. The van der Waals surface area contributed by atoms with Crippen LogP contribution >= 0.6 is 0 Å². The van der Waals surface area contributed by atoms with Crippen molar-refractivity contribution >= 4 is 43.8 Å². The highest BCUT2D eigenvalue weighted by molar-refractivity contribution is 6.23. The van der Waals surface area contributed by atoms with Gasteiger partial charge in [-0.25, -0.2) is 0 Å². The number of allylic oxidation sites excluding steroid dienone is 14. The zero-order valence-electron chi connectivity index (χ0n) is 43.2. The molecule has 0 N–H and O–H groups in total. The Kier molecular flexibility index (Phi) is 8.42. The summed E-state index contributed by atoms with van der Waals surface area (Å²) >= 11 is 0. The van der Waals surface area contributed by atoms with Gasteiger partial charge in [0.1, 0.15) is 0 Å². The van der Waals surface area contributed by atoms with Gasteiger partial charge >= 0.3 is 0 Å². The Morgan fingerprint density at radius 2 is 1.27 bits per heavy atom. The first-order valence-corrected chi connectivity index (χ1v) is 28.4. The molecule has 0 amide bonds. The monoisotopic (exact) mass is 919 g/mol. The van der Waals surface area contributed by atoms with Crippen LogP contribution in [0.15, 0.2) is 113 Å². The van der Waals surface area contributed by atoms with E-state index >= 15 is 0 Å². The van der Waals surface area contributed by atoms with Crippen molar-refractivity contribution in [2.75, 3.05) is 0 Å². The van der Waals surface area contributed by atoms with E-state index in [0.717, 1.165) is 32.1 Å². The van der Waals surface area contributed by atoms with Crippen molar-refractivity contribution in [2.24, 2.45) is 23.2 Å². The smallest absolute Gasteiger partial charge is 0.0287 e. The van der Waals surface area contributed by atoms with Crippen molar-refractivity contribution in [1.29, 1.82) is 0 Å².